The molecule has 0 aliphatic carbocycles. The quantitative estimate of drug-likeness (QED) is 0.729. The first-order chi connectivity index (χ1) is 10.4. The van der Waals surface area contributed by atoms with E-state index in [1.54, 1.807) is 0 Å². The third-order valence-corrected chi connectivity index (χ3v) is 4.25. The lowest BCUT2D eigenvalue weighted by molar-refractivity contribution is 0.327. The molecule has 0 unspecified atom stereocenters. The molecule has 0 bridgehead atoms. The van der Waals surface area contributed by atoms with Gasteiger partial charge in [-0.05, 0) is 38.1 Å². The maximum Gasteiger partial charge on any atom is 0.137 e. The summed E-state index contributed by atoms with van der Waals surface area (Å²) < 4.78 is 2.24. The van der Waals surface area contributed by atoms with Gasteiger partial charge >= 0.3 is 0 Å². The monoisotopic (exact) mass is 277 g/mol. The van der Waals surface area contributed by atoms with Crippen LogP contribution in [0.4, 0.5) is 0 Å². The van der Waals surface area contributed by atoms with Gasteiger partial charge in [-0.15, -0.1) is 0 Å². The third-order valence-electron chi connectivity index (χ3n) is 4.25. The van der Waals surface area contributed by atoms with E-state index in [4.69, 9.17) is 4.98 Å². The Morgan fingerprint density at radius 2 is 1.67 bits per heavy atom. The van der Waals surface area contributed by atoms with E-state index in [0.29, 0.717) is 0 Å². The molecule has 2 aromatic heterocycles. The second-order valence-electron chi connectivity index (χ2n) is 5.69. The topological polar surface area (TPSA) is 20.5 Å². The Morgan fingerprint density at radius 1 is 0.905 bits per heavy atom. The lowest BCUT2D eigenvalue weighted by Gasteiger charge is -2.15. The number of aromatic nitrogens is 2. The van der Waals surface area contributed by atoms with Crippen LogP contribution in [-0.4, -0.2) is 27.4 Å². The van der Waals surface area contributed by atoms with Gasteiger partial charge in [0.25, 0.3) is 0 Å². The van der Waals surface area contributed by atoms with E-state index in [2.05, 4.69) is 64.0 Å². The minimum Gasteiger partial charge on any atom is -0.302 e. The van der Waals surface area contributed by atoms with Crippen molar-refractivity contribution < 1.29 is 0 Å². The Bertz CT molecular complexity index is 740. The van der Waals surface area contributed by atoms with Gasteiger partial charge in [0.2, 0.25) is 0 Å². The molecule has 3 heteroatoms. The summed E-state index contributed by atoms with van der Waals surface area (Å²) in [6.45, 7) is 3.39. The third kappa shape index (κ3) is 2.34. The zero-order valence-corrected chi connectivity index (χ0v) is 12.1. The molecule has 21 heavy (non-hydrogen) atoms. The predicted octanol–water partition coefficient (Wildman–Crippen LogP) is 3.60. The van der Waals surface area contributed by atoms with Crippen LogP contribution in [-0.2, 0) is 6.54 Å². The fraction of sp³-hybridized carbons (Fsp3) is 0.278. The van der Waals surface area contributed by atoms with Gasteiger partial charge in [0.15, 0.2) is 0 Å². The predicted molar refractivity (Wildman–Crippen MR) is 85.1 cm³/mol. The first-order valence-corrected chi connectivity index (χ1v) is 7.65. The fourth-order valence-corrected chi connectivity index (χ4v) is 3.18. The highest BCUT2D eigenvalue weighted by Crippen LogP contribution is 2.26. The molecular formula is C18H19N3. The zero-order chi connectivity index (χ0) is 14.1. The van der Waals surface area contributed by atoms with Crippen molar-refractivity contribution in [1.29, 1.82) is 0 Å². The molecule has 3 aromatic rings. The van der Waals surface area contributed by atoms with Crippen LogP contribution >= 0.6 is 0 Å². The largest absolute Gasteiger partial charge is 0.302 e. The van der Waals surface area contributed by atoms with E-state index in [1.807, 2.05) is 0 Å². The highest BCUT2D eigenvalue weighted by atomic mass is 15.2. The van der Waals surface area contributed by atoms with Crippen molar-refractivity contribution in [3.05, 3.63) is 60.4 Å². The standard InChI is InChI=1S/C18H19N3/c1-2-8-15(9-3-1)18-16(14-20-11-6-7-12-20)21-13-5-4-10-17(21)19-18/h1-5,8-10,13H,6-7,11-12,14H2. The molecule has 1 fully saturated rings. The number of hydrogen-bond acceptors (Lipinski definition) is 2. The molecule has 1 saturated heterocycles. The van der Waals surface area contributed by atoms with Crippen LogP contribution in [0.1, 0.15) is 18.5 Å². The van der Waals surface area contributed by atoms with Crippen LogP contribution in [0.15, 0.2) is 54.7 Å². The summed E-state index contributed by atoms with van der Waals surface area (Å²) in [5.41, 5.74) is 4.66. The van der Waals surface area contributed by atoms with Gasteiger partial charge in [0.1, 0.15) is 5.65 Å². The van der Waals surface area contributed by atoms with E-state index in [1.165, 1.54) is 37.2 Å². The van der Waals surface area contributed by atoms with Crippen molar-refractivity contribution in [2.24, 2.45) is 0 Å². The molecule has 3 heterocycles. The summed E-state index contributed by atoms with van der Waals surface area (Å²) in [7, 11) is 0. The van der Waals surface area contributed by atoms with E-state index < -0.39 is 0 Å². The maximum atomic E-state index is 4.86. The zero-order valence-electron chi connectivity index (χ0n) is 12.1. The number of fused-ring (bicyclic) bond motifs is 1. The average Bonchev–Trinajstić information content (AvgIpc) is 3.17. The molecule has 4 rings (SSSR count). The Kier molecular flexibility index (Phi) is 3.20. The van der Waals surface area contributed by atoms with Crippen molar-refractivity contribution in [3.8, 4) is 11.3 Å². The Labute approximate surface area is 124 Å². The number of imidazole rings is 1. The lowest BCUT2D eigenvalue weighted by Crippen LogP contribution is -2.19. The Balaban J connectivity index is 1.84. The molecular weight excluding hydrogens is 258 g/mol. The SMILES string of the molecule is c1ccc(-c2nc3ccccn3c2CN2CCCC2)cc1. The van der Waals surface area contributed by atoms with Crippen molar-refractivity contribution in [2.75, 3.05) is 13.1 Å². The molecule has 1 aromatic carbocycles. The van der Waals surface area contributed by atoms with Crippen LogP contribution in [0.3, 0.4) is 0 Å². The second kappa shape index (κ2) is 5.34. The van der Waals surface area contributed by atoms with Gasteiger partial charge in [-0.1, -0.05) is 36.4 Å². The van der Waals surface area contributed by atoms with E-state index in [9.17, 15) is 0 Å². The van der Waals surface area contributed by atoms with Crippen molar-refractivity contribution in [1.82, 2.24) is 14.3 Å². The van der Waals surface area contributed by atoms with Gasteiger partial charge < -0.3 is 4.40 Å². The number of hydrogen-bond donors (Lipinski definition) is 0. The molecule has 0 spiro atoms. The van der Waals surface area contributed by atoms with E-state index >= 15 is 0 Å². The number of nitrogens with zero attached hydrogens (tertiary/aromatic N) is 3. The molecule has 0 N–H and O–H groups in total. The maximum absolute atomic E-state index is 4.86. The first-order valence-electron chi connectivity index (χ1n) is 7.65. The molecule has 0 amide bonds. The molecule has 0 saturated carbocycles. The Morgan fingerprint density at radius 3 is 2.48 bits per heavy atom. The van der Waals surface area contributed by atoms with E-state index in [0.717, 1.165) is 17.9 Å². The van der Waals surface area contributed by atoms with Crippen LogP contribution in [0.2, 0.25) is 0 Å². The number of rotatable bonds is 3. The van der Waals surface area contributed by atoms with Gasteiger partial charge in [-0.2, -0.15) is 0 Å². The van der Waals surface area contributed by atoms with Crippen molar-refractivity contribution in [2.45, 2.75) is 19.4 Å². The van der Waals surface area contributed by atoms with Crippen LogP contribution < -0.4 is 0 Å². The van der Waals surface area contributed by atoms with Crippen molar-refractivity contribution in [3.63, 3.8) is 0 Å². The summed E-state index contributed by atoms with van der Waals surface area (Å²) in [5.74, 6) is 0. The summed E-state index contributed by atoms with van der Waals surface area (Å²) in [6, 6.07) is 16.7. The Hall–Kier alpha value is -2.13. The molecule has 1 aliphatic heterocycles. The normalized spacial score (nSPS) is 15.8. The number of likely N-dealkylation sites (tertiary alicyclic amines) is 1. The number of benzene rings is 1. The average molecular weight is 277 g/mol. The van der Waals surface area contributed by atoms with Gasteiger partial charge in [-0.3, -0.25) is 4.90 Å². The summed E-state index contributed by atoms with van der Waals surface area (Å²) in [6.07, 6.45) is 4.76. The summed E-state index contributed by atoms with van der Waals surface area (Å²) in [5, 5.41) is 0. The van der Waals surface area contributed by atoms with Crippen molar-refractivity contribution >= 4 is 5.65 Å². The highest BCUT2D eigenvalue weighted by Gasteiger charge is 2.18. The minimum absolute atomic E-state index is 0.982. The van der Waals surface area contributed by atoms with Gasteiger partial charge in [0.05, 0.1) is 11.4 Å². The molecule has 106 valence electrons. The molecule has 0 radical (unpaired) electrons. The summed E-state index contributed by atoms with van der Waals surface area (Å²) in [4.78, 5) is 7.39. The van der Waals surface area contributed by atoms with E-state index in [-0.39, 0.29) is 0 Å². The molecule has 0 atom stereocenters. The highest BCUT2D eigenvalue weighted by molar-refractivity contribution is 5.66. The fourth-order valence-electron chi connectivity index (χ4n) is 3.18. The molecule has 3 nitrogen and oxygen atoms in total. The van der Waals surface area contributed by atoms with Crippen LogP contribution in [0.25, 0.3) is 16.9 Å². The number of pyridine rings is 1. The summed E-state index contributed by atoms with van der Waals surface area (Å²) >= 11 is 0. The second-order valence-corrected chi connectivity index (χ2v) is 5.69. The van der Waals surface area contributed by atoms with Crippen LogP contribution in [0, 0.1) is 0 Å². The van der Waals surface area contributed by atoms with Crippen LogP contribution in [0.5, 0.6) is 0 Å². The lowest BCUT2D eigenvalue weighted by atomic mass is 10.1. The minimum atomic E-state index is 0.982. The van der Waals surface area contributed by atoms with Gasteiger partial charge in [0, 0.05) is 18.3 Å². The molecule has 1 aliphatic rings. The smallest absolute Gasteiger partial charge is 0.137 e. The first kappa shape index (κ1) is 12.6. The van der Waals surface area contributed by atoms with Gasteiger partial charge in [-0.25, -0.2) is 4.98 Å².